The fourth-order valence-electron chi connectivity index (χ4n) is 1.82. The van der Waals surface area contributed by atoms with E-state index in [1.54, 1.807) is 19.0 Å². The van der Waals surface area contributed by atoms with Crippen LogP contribution in [0.15, 0.2) is 0 Å². The molecule has 0 aliphatic carbocycles. The molecule has 4 heteroatoms. The van der Waals surface area contributed by atoms with E-state index in [9.17, 15) is 9.59 Å². The summed E-state index contributed by atoms with van der Waals surface area (Å²) in [6.45, 7) is 9.67. The average molecular weight is 288 g/mol. The Hall–Kier alpha value is -1.06. The van der Waals surface area contributed by atoms with Gasteiger partial charge < -0.3 is 9.80 Å². The number of hydrogen-bond donors (Lipinski definition) is 0. The molecular formula is C16H36N2O2. The SMILES string of the molecule is C.C.CC(C)C(=O)N(C)C.CC(C)C(=O)N1CCCC1. The smallest absolute Gasteiger partial charge is 0.225 e. The number of nitrogens with zero attached hydrogens (tertiary/aromatic N) is 2. The molecule has 0 atom stereocenters. The highest BCUT2D eigenvalue weighted by molar-refractivity contribution is 5.78. The largest absolute Gasteiger partial charge is 0.349 e. The fourth-order valence-corrected chi connectivity index (χ4v) is 1.82. The second-order valence-corrected chi connectivity index (χ2v) is 5.57. The highest BCUT2D eigenvalue weighted by Gasteiger charge is 2.19. The van der Waals surface area contributed by atoms with Crippen LogP contribution in [0, 0.1) is 11.8 Å². The molecule has 4 nitrogen and oxygen atoms in total. The van der Waals surface area contributed by atoms with Gasteiger partial charge in [-0.05, 0) is 12.8 Å². The Morgan fingerprint density at radius 1 is 0.900 bits per heavy atom. The monoisotopic (exact) mass is 288 g/mol. The van der Waals surface area contributed by atoms with Crippen molar-refractivity contribution in [1.29, 1.82) is 0 Å². The molecule has 0 radical (unpaired) electrons. The zero-order chi connectivity index (χ0) is 14.3. The molecule has 0 aromatic heterocycles. The molecule has 0 saturated carbocycles. The Labute approximate surface area is 126 Å². The quantitative estimate of drug-likeness (QED) is 0.782. The number of carbonyl (C=O) groups is 2. The topological polar surface area (TPSA) is 40.6 Å². The van der Waals surface area contributed by atoms with E-state index in [1.165, 1.54) is 12.8 Å². The lowest BCUT2D eigenvalue weighted by atomic mass is 10.2. The Morgan fingerprint density at radius 2 is 1.30 bits per heavy atom. The van der Waals surface area contributed by atoms with Gasteiger partial charge in [-0.2, -0.15) is 0 Å². The van der Waals surface area contributed by atoms with Crippen molar-refractivity contribution in [3.8, 4) is 0 Å². The van der Waals surface area contributed by atoms with Crippen molar-refractivity contribution in [1.82, 2.24) is 9.80 Å². The van der Waals surface area contributed by atoms with Gasteiger partial charge in [-0.1, -0.05) is 42.5 Å². The first kappa shape index (κ1) is 24.0. The predicted molar refractivity (Wildman–Crippen MR) is 87.6 cm³/mol. The molecule has 1 saturated heterocycles. The van der Waals surface area contributed by atoms with Crippen molar-refractivity contribution in [3.05, 3.63) is 0 Å². The number of rotatable bonds is 2. The van der Waals surface area contributed by atoms with Crippen LogP contribution >= 0.6 is 0 Å². The Balaban J connectivity index is -0.000000269. The van der Waals surface area contributed by atoms with E-state index >= 15 is 0 Å². The summed E-state index contributed by atoms with van der Waals surface area (Å²) >= 11 is 0. The van der Waals surface area contributed by atoms with Gasteiger partial charge in [0, 0.05) is 39.0 Å². The van der Waals surface area contributed by atoms with Gasteiger partial charge in [0.15, 0.2) is 0 Å². The molecule has 20 heavy (non-hydrogen) atoms. The van der Waals surface area contributed by atoms with Gasteiger partial charge in [0.25, 0.3) is 0 Å². The molecule has 122 valence electrons. The van der Waals surface area contributed by atoms with Crippen LogP contribution in [0.25, 0.3) is 0 Å². The zero-order valence-corrected chi connectivity index (χ0v) is 12.7. The molecule has 1 aliphatic heterocycles. The first-order valence-corrected chi connectivity index (χ1v) is 6.77. The van der Waals surface area contributed by atoms with Crippen LogP contribution in [0.1, 0.15) is 55.4 Å². The predicted octanol–water partition coefficient (Wildman–Crippen LogP) is 3.27. The molecule has 0 bridgehead atoms. The zero-order valence-electron chi connectivity index (χ0n) is 12.7. The lowest BCUT2D eigenvalue weighted by Gasteiger charge is -2.17. The van der Waals surface area contributed by atoms with Crippen molar-refractivity contribution in [3.63, 3.8) is 0 Å². The lowest BCUT2D eigenvalue weighted by Crippen LogP contribution is -2.31. The highest BCUT2D eigenvalue weighted by Crippen LogP contribution is 2.10. The van der Waals surface area contributed by atoms with Gasteiger partial charge in [-0.25, -0.2) is 0 Å². The minimum atomic E-state index is 0. The Morgan fingerprint density at radius 3 is 1.50 bits per heavy atom. The van der Waals surface area contributed by atoms with Crippen LogP contribution in [0.4, 0.5) is 0 Å². The maximum absolute atomic E-state index is 11.3. The summed E-state index contributed by atoms with van der Waals surface area (Å²) in [4.78, 5) is 25.6. The third kappa shape index (κ3) is 8.94. The van der Waals surface area contributed by atoms with E-state index < -0.39 is 0 Å². The van der Waals surface area contributed by atoms with Crippen molar-refractivity contribution < 1.29 is 9.59 Å². The van der Waals surface area contributed by atoms with Gasteiger partial charge in [0.05, 0.1) is 0 Å². The summed E-state index contributed by atoms with van der Waals surface area (Å²) in [5, 5.41) is 0. The molecule has 0 aromatic carbocycles. The van der Waals surface area contributed by atoms with Crippen LogP contribution in [0.2, 0.25) is 0 Å². The minimum Gasteiger partial charge on any atom is -0.349 e. The molecule has 1 heterocycles. The van der Waals surface area contributed by atoms with Gasteiger partial charge in [0.1, 0.15) is 0 Å². The standard InChI is InChI=1S/C8H15NO.C6H13NO.2CH4/c1-7(2)8(10)9-5-3-4-6-9;1-5(2)6(8)7(3)4;;/h7H,3-6H2,1-2H3;5H,1-4H3;2*1H4. The fraction of sp³-hybridized carbons (Fsp3) is 0.875. The van der Waals surface area contributed by atoms with Gasteiger partial charge in [0.2, 0.25) is 11.8 Å². The first-order chi connectivity index (χ1) is 8.27. The van der Waals surface area contributed by atoms with E-state index in [1.807, 2.05) is 32.6 Å². The molecule has 0 aromatic rings. The summed E-state index contributed by atoms with van der Waals surface area (Å²) in [7, 11) is 3.53. The summed E-state index contributed by atoms with van der Waals surface area (Å²) in [5.41, 5.74) is 0. The number of amides is 2. The first-order valence-electron chi connectivity index (χ1n) is 6.77. The minimum absolute atomic E-state index is 0. The van der Waals surface area contributed by atoms with Crippen molar-refractivity contribution in [2.45, 2.75) is 55.4 Å². The second kappa shape index (κ2) is 11.7. The molecular weight excluding hydrogens is 252 g/mol. The average Bonchev–Trinajstić information content (AvgIpc) is 2.80. The maximum atomic E-state index is 11.3. The van der Waals surface area contributed by atoms with E-state index in [0.717, 1.165) is 13.1 Å². The van der Waals surface area contributed by atoms with Gasteiger partial charge >= 0.3 is 0 Å². The molecule has 0 spiro atoms. The van der Waals surface area contributed by atoms with E-state index in [2.05, 4.69) is 0 Å². The molecule has 1 fully saturated rings. The maximum Gasteiger partial charge on any atom is 0.225 e. The molecule has 2 amide bonds. The third-order valence-corrected chi connectivity index (χ3v) is 2.85. The van der Waals surface area contributed by atoms with Crippen molar-refractivity contribution in [2.24, 2.45) is 11.8 Å². The number of carbonyl (C=O) groups excluding carboxylic acids is 2. The normalized spacial score (nSPS) is 13.1. The third-order valence-electron chi connectivity index (χ3n) is 2.85. The number of likely N-dealkylation sites (tertiary alicyclic amines) is 1. The molecule has 1 aliphatic rings. The van der Waals surface area contributed by atoms with Crippen LogP contribution in [-0.2, 0) is 9.59 Å². The van der Waals surface area contributed by atoms with Gasteiger partial charge in [-0.15, -0.1) is 0 Å². The molecule has 1 rings (SSSR count). The summed E-state index contributed by atoms with van der Waals surface area (Å²) in [6.07, 6.45) is 2.39. The van der Waals surface area contributed by atoms with Crippen LogP contribution in [0.5, 0.6) is 0 Å². The number of hydrogen-bond acceptors (Lipinski definition) is 2. The molecule has 0 N–H and O–H groups in total. The van der Waals surface area contributed by atoms with Gasteiger partial charge in [-0.3, -0.25) is 9.59 Å². The van der Waals surface area contributed by atoms with Crippen molar-refractivity contribution >= 4 is 11.8 Å². The second-order valence-electron chi connectivity index (χ2n) is 5.57. The summed E-state index contributed by atoms with van der Waals surface area (Å²) < 4.78 is 0. The van der Waals surface area contributed by atoms with Crippen LogP contribution in [-0.4, -0.2) is 48.8 Å². The van der Waals surface area contributed by atoms with Crippen LogP contribution < -0.4 is 0 Å². The Bertz CT molecular complexity index is 258. The summed E-state index contributed by atoms with van der Waals surface area (Å²) in [5.74, 6) is 0.811. The van der Waals surface area contributed by atoms with Crippen molar-refractivity contribution in [2.75, 3.05) is 27.2 Å². The highest BCUT2D eigenvalue weighted by atomic mass is 16.2. The van der Waals surface area contributed by atoms with E-state index in [0.29, 0.717) is 5.91 Å². The summed E-state index contributed by atoms with van der Waals surface area (Å²) in [6, 6.07) is 0. The van der Waals surface area contributed by atoms with E-state index in [-0.39, 0.29) is 32.6 Å². The molecule has 0 unspecified atom stereocenters. The lowest BCUT2D eigenvalue weighted by molar-refractivity contribution is -0.133. The Kier molecular flexibility index (Phi) is 14.1. The van der Waals surface area contributed by atoms with E-state index in [4.69, 9.17) is 0 Å². The van der Waals surface area contributed by atoms with Crippen LogP contribution in [0.3, 0.4) is 0 Å².